The highest BCUT2D eigenvalue weighted by Crippen LogP contribution is 2.42. The molecule has 3 N–H and O–H groups in total. The number of hydrogen-bond donors (Lipinski definition) is 3. The van der Waals surface area contributed by atoms with Crippen LogP contribution in [0.1, 0.15) is 20.8 Å². The standard InChI is InChI=1S/C26H19Br2NO5S/c27-20-12-16(19-8-9-35-25(19)26(33)29-14-23(31)32)13-21(28)24(20)34-18-6-7-22(30)17(11-18)10-15-4-2-1-3-5-15/h1-9,11-13,30H,10,14H2,(H,29,33)(H,31,32). The van der Waals surface area contributed by atoms with Crippen LogP contribution in [0.4, 0.5) is 0 Å². The van der Waals surface area contributed by atoms with Gasteiger partial charge in [-0.15, -0.1) is 11.3 Å². The van der Waals surface area contributed by atoms with E-state index in [0.717, 1.165) is 16.7 Å². The van der Waals surface area contributed by atoms with Crippen LogP contribution in [-0.2, 0) is 11.2 Å². The zero-order valence-corrected chi connectivity index (χ0v) is 22.1. The Morgan fingerprint density at radius 3 is 2.37 bits per heavy atom. The molecule has 0 aliphatic carbocycles. The lowest BCUT2D eigenvalue weighted by Crippen LogP contribution is -2.28. The number of carbonyl (C=O) groups is 2. The summed E-state index contributed by atoms with van der Waals surface area (Å²) in [5.41, 5.74) is 3.26. The summed E-state index contributed by atoms with van der Waals surface area (Å²) in [6, 6.07) is 20.4. The van der Waals surface area contributed by atoms with Gasteiger partial charge in [-0.2, -0.15) is 0 Å². The third-order valence-electron chi connectivity index (χ3n) is 5.09. The Kier molecular flexibility index (Phi) is 7.90. The maximum Gasteiger partial charge on any atom is 0.322 e. The van der Waals surface area contributed by atoms with Crippen LogP contribution in [0.3, 0.4) is 0 Å². The number of ether oxygens (including phenoxy) is 1. The van der Waals surface area contributed by atoms with Gasteiger partial charge in [0.2, 0.25) is 0 Å². The van der Waals surface area contributed by atoms with E-state index >= 15 is 0 Å². The van der Waals surface area contributed by atoms with Crippen LogP contribution < -0.4 is 10.1 Å². The molecule has 4 rings (SSSR count). The monoisotopic (exact) mass is 615 g/mol. The van der Waals surface area contributed by atoms with Crippen molar-refractivity contribution in [2.24, 2.45) is 0 Å². The molecule has 0 aliphatic heterocycles. The van der Waals surface area contributed by atoms with Crippen LogP contribution in [-0.4, -0.2) is 28.6 Å². The van der Waals surface area contributed by atoms with Crippen LogP contribution in [0.5, 0.6) is 17.2 Å². The van der Waals surface area contributed by atoms with E-state index in [-0.39, 0.29) is 5.75 Å². The number of rotatable bonds is 8. The van der Waals surface area contributed by atoms with E-state index in [1.165, 1.54) is 11.3 Å². The van der Waals surface area contributed by atoms with E-state index < -0.39 is 18.4 Å². The van der Waals surface area contributed by atoms with Gasteiger partial charge in [-0.05, 0) is 84.8 Å². The number of nitrogens with one attached hydrogen (secondary N) is 1. The number of carboxylic acid groups (broad SMARTS) is 1. The lowest BCUT2D eigenvalue weighted by atomic mass is 10.0. The lowest BCUT2D eigenvalue weighted by Gasteiger charge is -2.14. The van der Waals surface area contributed by atoms with E-state index in [2.05, 4.69) is 37.2 Å². The number of halogens is 2. The maximum atomic E-state index is 12.4. The van der Waals surface area contributed by atoms with Crippen molar-refractivity contribution in [1.29, 1.82) is 0 Å². The van der Waals surface area contributed by atoms with E-state index in [1.54, 1.807) is 23.6 Å². The fourth-order valence-electron chi connectivity index (χ4n) is 3.46. The summed E-state index contributed by atoms with van der Waals surface area (Å²) < 4.78 is 7.45. The van der Waals surface area contributed by atoms with Gasteiger partial charge in [0.15, 0.2) is 5.75 Å². The average Bonchev–Trinajstić information content (AvgIpc) is 3.32. The Balaban J connectivity index is 1.58. The van der Waals surface area contributed by atoms with Gasteiger partial charge in [-0.3, -0.25) is 9.59 Å². The van der Waals surface area contributed by atoms with Crippen molar-refractivity contribution in [3.05, 3.63) is 97.1 Å². The second-order valence-corrected chi connectivity index (χ2v) is 10.2. The van der Waals surface area contributed by atoms with Gasteiger partial charge in [0.1, 0.15) is 18.0 Å². The topological polar surface area (TPSA) is 95.9 Å². The van der Waals surface area contributed by atoms with Crippen molar-refractivity contribution in [2.45, 2.75) is 6.42 Å². The van der Waals surface area contributed by atoms with Crippen LogP contribution in [0, 0.1) is 0 Å². The van der Waals surface area contributed by atoms with Crippen molar-refractivity contribution < 1.29 is 24.5 Å². The summed E-state index contributed by atoms with van der Waals surface area (Å²) >= 11 is 8.36. The minimum Gasteiger partial charge on any atom is -0.508 e. The van der Waals surface area contributed by atoms with Crippen molar-refractivity contribution in [1.82, 2.24) is 5.32 Å². The number of benzene rings is 3. The highest BCUT2D eigenvalue weighted by Gasteiger charge is 2.18. The summed E-state index contributed by atoms with van der Waals surface area (Å²) in [5, 5.41) is 23.3. The normalized spacial score (nSPS) is 10.7. The highest BCUT2D eigenvalue weighted by molar-refractivity contribution is 9.11. The fourth-order valence-corrected chi connectivity index (χ4v) is 5.64. The molecule has 0 unspecified atom stereocenters. The van der Waals surface area contributed by atoms with Crippen LogP contribution in [0.25, 0.3) is 11.1 Å². The van der Waals surface area contributed by atoms with Gasteiger partial charge in [0.25, 0.3) is 5.91 Å². The first kappa shape index (κ1) is 25.0. The number of hydrogen-bond acceptors (Lipinski definition) is 5. The predicted octanol–water partition coefficient (Wildman–Crippen LogP) is 6.84. The van der Waals surface area contributed by atoms with E-state index in [1.807, 2.05) is 48.5 Å². The van der Waals surface area contributed by atoms with Gasteiger partial charge < -0.3 is 20.3 Å². The smallest absolute Gasteiger partial charge is 0.322 e. The van der Waals surface area contributed by atoms with Crippen molar-refractivity contribution in [2.75, 3.05) is 6.54 Å². The second kappa shape index (κ2) is 11.1. The summed E-state index contributed by atoms with van der Waals surface area (Å²) in [6.45, 7) is -0.449. The third kappa shape index (κ3) is 6.11. The lowest BCUT2D eigenvalue weighted by molar-refractivity contribution is -0.135. The Hall–Kier alpha value is -3.14. The number of phenolic OH excluding ortho intramolecular Hbond substituents is 1. The average molecular weight is 617 g/mol. The number of carboxylic acids is 1. The Morgan fingerprint density at radius 1 is 0.971 bits per heavy atom. The second-order valence-electron chi connectivity index (χ2n) is 7.56. The van der Waals surface area contributed by atoms with Crippen molar-refractivity contribution in [3.63, 3.8) is 0 Å². The molecule has 0 spiro atoms. The molecule has 35 heavy (non-hydrogen) atoms. The first-order valence-electron chi connectivity index (χ1n) is 10.4. The molecule has 0 bridgehead atoms. The number of carbonyl (C=O) groups excluding carboxylic acids is 1. The molecule has 0 aliphatic rings. The third-order valence-corrected chi connectivity index (χ3v) is 7.18. The highest BCUT2D eigenvalue weighted by atomic mass is 79.9. The van der Waals surface area contributed by atoms with Crippen molar-refractivity contribution in [3.8, 4) is 28.4 Å². The summed E-state index contributed by atoms with van der Waals surface area (Å²) in [5.74, 6) is -0.255. The Labute approximate surface area is 222 Å². The number of phenols is 1. The quantitative estimate of drug-likeness (QED) is 0.201. The van der Waals surface area contributed by atoms with Gasteiger partial charge in [0, 0.05) is 17.5 Å². The molecule has 178 valence electrons. The van der Waals surface area contributed by atoms with Gasteiger partial charge >= 0.3 is 5.97 Å². The summed E-state index contributed by atoms with van der Waals surface area (Å²) in [6.07, 6.45) is 0.566. The molecule has 1 heterocycles. The zero-order chi connectivity index (χ0) is 24.9. The van der Waals surface area contributed by atoms with Crippen LogP contribution >= 0.6 is 43.2 Å². The van der Waals surface area contributed by atoms with E-state index in [0.29, 0.717) is 37.3 Å². The molecular formula is C26H19Br2NO5S. The minimum absolute atomic E-state index is 0.195. The molecule has 3 aromatic carbocycles. The molecule has 1 amide bonds. The molecule has 6 nitrogen and oxygen atoms in total. The number of aromatic hydroxyl groups is 1. The number of amides is 1. The molecule has 4 aromatic rings. The molecule has 0 fully saturated rings. The molecular weight excluding hydrogens is 598 g/mol. The van der Waals surface area contributed by atoms with Gasteiger partial charge in [0.05, 0.1) is 13.8 Å². The largest absolute Gasteiger partial charge is 0.508 e. The first-order valence-corrected chi connectivity index (χ1v) is 12.9. The Morgan fingerprint density at radius 2 is 1.69 bits per heavy atom. The maximum absolute atomic E-state index is 12.4. The molecule has 0 saturated heterocycles. The summed E-state index contributed by atoms with van der Waals surface area (Å²) in [4.78, 5) is 23.6. The Bertz CT molecular complexity index is 1360. The number of aliphatic carboxylic acids is 1. The van der Waals surface area contributed by atoms with Gasteiger partial charge in [-0.1, -0.05) is 30.3 Å². The molecule has 9 heteroatoms. The summed E-state index contributed by atoms with van der Waals surface area (Å²) in [7, 11) is 0. The van der Waals surface area contributed by atoms with Gasteiger partial charge in [-0.25, -0.2) is 0 Å². The predicted molar refractivity (Wildman–Crippen MR) is 143 cm³/mol. The molecule has 0 radical (unpaired) electrons. The number of thiophene rings is 1. The van der Waals surface area contributed by atoms with Crippen LogP contribution in [0.15, 0.2) is 81.1 Å². The van der Waals surface area contributed by atoms with E-state index in [4.69, 9.17) is 9.84 Å². The van der Waals surface area contributed by atoms with Crippen LogP contribution in [0.2, 0.25) is 0 Å². The molecule has 0 atom stereocenters. The molecule has 1 aromatic heterocycles. The fraction of sp³-hybridized carbons (Fsp3) is 0.0769. The molecule has 0 saturated carbocycles. The van der Waals surface area contributed by atoms with E-state index in [9.17, 15) is 14.7 Å². The SMILES string of the molecule is O=C(O)CNC(=O)c1sccc1-c1cc(Br)c(Oc2ccc(O)c(Cc3ccccc3)c2)c(Br)c1. The van der Waals surface area contributed by atoms with Crippen molar-refractivity contribution >= 4 is 55.1 Å². The zero-order valence-electron chi connectivity index (χ0n) is 18.1. The first-order chi connectivity index (χ1) is 16.8. The minimum atomic E-state index is -1.11.